The molecular formula is C32H36Cl2FNO3. The third kappa shape index (κ3) is 7.15. The van der Waals surface area contributed by atoms with Crippen LogP contribution in [-0.2, 0) is 22.4 Å². The van der Waals surface area contributed by atoms with Gasteiger partial charge in [-0.3, -0.25) is 0 Å². The molecular weight excluding hydrogens is 536 g/mol. The molecule has 208 valence electrons. The number of aliphatic hydroxyl groups excluding tert-OH is 1. The molecule has 39 heavy (non-hydrogen) atoms. The summed E-state index contributed by atoms with van der Waals surface area (Å²) < 4.78 is 27.0. The molecule has 1 aliphatic rings. The molecule has 0 aliphatic carbocycles. The van der Waals surface area contributed by atoms with Crippen LogP contribution in [0.2, 0.25) is 10.0 Å². The lowest BCUT2D eigenvalue weighted by atomic mass is 9.86. The van der Waals surface area contributed by atoms with Crippen LogP contribution in [0, 0.1) is 0 Å². The van der Waals surface area contributed by atoms with Crippen molar-refractivity contribution in [3.8, 4) is 5.75 Å². The van der Waals surface area contributed by atoms with Crippen LogP contribution >= 0.6 is 23.2 Å². The van der Waals surface area contributed by atoms with Gasteiger partial charge in [-0.05, 0) is 67.8 Å². The van der Waals surface area contributed by atoms with E-state index in [1.165, 1.54) is 13.8 Å². The molecule has 3 aromatic rings. The number of hydrogen-bond donors (Lipinski definition) is 2. The molecule has 1 fully saturated rings. The first-order chi connectivity index (χ1) is 18.6. The minimum Gasteiger partial charge on any atom is -0.482 e. The predicted molar refractivity (Wildman–Crippen MR) is 158 cm³/mol. The summed E-state index contributed by atoms with van der Waals surface area (Å²) >= 11 is 12.7. The Bertz CT molecular complexity index is 1270. The summed E-state index contributed by atoms with van der Waals surface area (Å²) in [6.45, 7) is 6.14. The Morgan fingerprint density at radius 3 is 2.36 bits per heavy atom. The van der Waals surface area contributed by atoms with E-state index < -0.39 is 17.4 Å². The first kappa shape index (κ1) is 29.4. The molecule has 3 aromatic carbocycles. The maximum absolute atomic E-state index is 14.8. The van der Waals surface area contributed by atoms with Gasteiger partial charge < -0.3 is 19.9 Å². The van der Waals surface area contributed by atoms with Crippen LogP contribution in [0.4, 0.5) is 10.1 Å². The minimum atomic E-state index is -1.79. The molecule has 4 nitrogen and oxygen atoms in total. The van der Waals surface area contributed by atoms with Crippen molar-refractivity contribution in [3.05, 3.63) is 105 Å². The molecule has 2 N–H and O–H groups in total. The molecule has 7 heteroatoms. The summed E-state index contributed by atoms with van der Waals surface area (Å²) in [6.07, 6.45) is 3.98. The van der Waals surface area contributed by atoms with E-state index in [9.17, 15) is 9.50 Å². The Balaban J connectivity index is 1.47. The number of halogens is 3. The van der Waals surface area contributed by atoms with Crippen molar-refractivity contribution < 1.29 is 19.0 Å². The highest BCUT2D eigenvalue weighted by Gasteiger charge is 2.38. The van der Waals surface area contributed by atoms with Crippen molar-refractivity contribution in [3.63, 3.8) is 0 Å². The second-order valence-electron chi connectivity index (χ2n) is 10.2. The van der Waals surface area contributed by atoms with Crippen LogP contribution in [0.3, 0.4) is 0 Å². The highest BCUT2D eigenvalue weighted by atomic mass is 35.5. The monoisotopic (exact) mass is 571 g/mol. The number of anilines is 1. The van der Waals surface area contributed by atoms with Crippen molar-refractivity contribution in [1.29, 1.82) is 0 Å². The number of benzene rings is 3. The number of rotatable bonds is 10. The van der Waals surface area contributed by atoms with Gasteiger partial charge in [-0.25, -0.2) is 4.39 Å². The second-order valence-corrected chi connectivity index (χ2v) is 11.1. The van der Waals surface area contributed by atoms with Crippen molar-refractivity contribution in [2.45, 2.75) is 63.8 Å². The molecule has 1 saturated heterocycles. The van der Waals surface area contributed by atoms with Gasteiger partial charge in [0.1, 0.15) is 11.4 Å². The van der Waals surface area contributed by atoms with Crippen molar-refractivity contribution in [2.24, 2.45) is 0 Å². The number of nitrogens with one attached hydrogen (secondary N) is 1. The zero-order valence-electron chi connectivity index (χ0n) is 22.6. The average Bonchev–Trinajstić information content (AvgIpc) is 2.90. The fourth-order valence-corrected chi connectivity index (χ4v) is 5.41. The number of allylic oxidation sites excluding steroid dienone is 2. The lowest BCUT2D eigenvalue weighted by Gasteiger charge is -2.38. The topological polar surface area (TPSA) is 50.7 Å². The molecule has 1 aliphatic heterocycles. The van der Waals surface area contributed by atoms with Crippen LogP contribution < -0.4 is 10.1 Å². The Morgan fingerprint density at radius 1 is 1.10 bits per heavy atom. The highest BCUT2D eigenvalue weighted by molar-refractivity contribution is 6.35. The van der Waals surface area contributed by atoms with Gasteiger partial charge >= 0.3 is 0 Å². The first-order valence-corrected chi connectivity index (χ1v) is 14.1. The first-order valence-electron chi connectivity index (χ1n) is 13.4. The van der Waals surface area contributed by atoms with Gasteiger partial charge in [0.2, 0.25) is 0 Å². The summed E-state index contributed by atoms with van der Waals surface area (Å²) in [6, 6.07) is 20.8. The fraction of sp³-hybridized carbons (Fsp3) is 0.375. The lowest BCUT2D eigenvalue weighted by molar-refractivity contribution is -0.0500. The van der Waals surface area contributed by atoms with Gasteiger partial charge in [0, 0.05) is 46.3 Å². The predicted octanol–water partition coefficient (Wildman–Crippen LogP) is 8.59. The van der Waals surface area contributed by atoms with Crippen LogP contribution in [0.25, 0.3) is 0 Å². The quantitative estimate of drug-likeness (QED) is 0.256. The zero-order valence-corrected chi connectivity index (χ0v) is 24.2. The summed E-state index contributed by atoms with van der Waals surface area (Å²) in [7, 11) is 0. The van der Waals surface area contributed by atoms with Gasteiger partial charge in [-0.1, -0.05) is 66.5 Å². The van der Waals surface area contributed by atoms with Gasteiger partial charge in [-0.15, -0.1) is 0 Å². The third-order valence-electron chi connectivity index (χ3n) is 7.34. The molecule has 2 unspecified atom stereocenters. The molecule has 0 spiro atoms. The van der Waals surface area contributed by atoms with E-state index in [1.54, 1.807) is 18.2 Å². The van der Waals surface area contributed by atoms with Crippen LogP contribution in [0.15, 0.2) is 78.5 Å². The van der Waals surface area contributed by atoms with E-state index >= 15 is 0 Å². The molecule has 0 amide bonds. The minimum absolute atomic E-state index is 0.466. The molecule has 0 radical (unpaired) electrons. The van der Waals surface area contributed by atoms with Gasteiger partial charge in [-0.2, -0.15) is 0 Å². The van der Waals surface area contributed by atoms with E-state index in [-0.39, 0.29) is 0 Å². The van der Waals surface area contributed by atoms with Crippen molar-refractivity contribution in [1.82, 2.24) is 0 Å². The fourth-order valence-electron chi connectivity index (χ4n) is 4.83. The number of ether oxygens (including phenoxy) is 2. The molecule has 0 aromatic heterocycles. The maximum atomic E-state index is 14.8. The van der Waals surface area contributed by atoms with E-state index in [0.29, 0.717) is 48.1 Å². The third-order valence-corrected chi connectivity index (χ3v) is 7.89. The van der Waals surface area contributed by atoms with E-state index in [2.05, 4.69) is 18.3 Å². The normalized spacial score (nSPS) is 17.8. The van der Waals surface area contributed by atoms with Crippen LogP contribution in [0.5, 0.6) is 5.75 Å². The molecule has 2 atom stereocenters. The number of alkyl halides is 1. The Kier molecular flexibility index (Phi) is 9.60. The average molecular weight is 573 g/mol. The second kappa shape index (κ2) is 12.7. The van der Waals surface area contributed by atoms with Gasteiger partial charge in [0.15, 0.2) is 5.67 Å². The zero-order chi connectivity index (χ0) is 28.0. The lowest BCUT2D eigenvalue weighted by Crippen LogP contribution is -2.39. The maximum Gasteiger partial charge on any atom is 0.158 e. The number of hydrogen-bond acceptors (Lipinski definition) is 4. The Hall–Kier alpha value is -2.57. The smallest absolute Gasteiger partial charge is 0.158 e. The Morgan fingerprint density at radius 2 is 1.77 bits per heavy atom. The van der Waals surface area contributed by atoms with Crippen molar-refractivity contribution >= 4 is 28.9 Å². The SMILES string of the molecule is CC/C=C(/Cc1ccc(C(C)(F)C(C)O)cc1)Nc1ccc(OC2(c3ccc(Cl)cc3Cl)CCOCC2)cc1. The molecule has 0 saturated carbocycles. The molecule has 0 bridgehead atoms. The Labute approximate surface area is 240 Å². The molecule has 4 rings (SSSR count). The molecule has 1 heterocycles. The summed E-state index contributed by atoms with van der Waals surface area (Å²) in [5.74, 6) is 0.748. The highest BCUT2D eigenvalue weighted by Crippen LogP contribution is 2.41. The van der Waals surface area contributed by atoms with E-state index in [1.807, 2.05) is 48.5 Å². The standard InChI is InChI=1S/C32H36Cl2FNO3/c1-4-5-27(20-23-6-8-24(9-7-23)31(3,35)22(2)37)36-26-11-13-28(14-12-26)39-32(16-18-38-19-17-32)29-15-10-25(33)21-30(29)34/h5-15,21-22,36-37H,4,16-20H2,1-3H3/b27-5-. The largest absolute Gasteiger partial charge is 0.482 e. The van der Waals surface area contributed by atoms with Crippen LogP contribution in [-0.4, -0.2) is 24.4 Å². The van der Waals surface area contributed by atoms with Gasteiger partial charge in [0.05, 0.1) is 19.3 Å². The summed E-state index contributed by atoms with van der Waals surface area (Å²) in [4.78, 5) is 0. The van der Waals surface area contributed by atoms with Crippen molar-refractivity contribution in [2.75, 3.05) is 18.5 Å². The summed E-state index contributed by atoms with van der Waals surface area (Å²) in [5, 5.41) is 14.5. The number of aliphatic hydroxyl groups is 1. The van der Waals surface area contributed by atoms with Gasteiger partial charge in [0.25, 0.3) is 0 Å². The van der Waals surface area contributed by atoms with E-state index in [4.69, 9.17) is 32.7 Å². The summed E-state index contributed by atoms with van der Waals surface area (Å²) in [5.41, 5.74) is 2.05. The van der Waals surface area contributed by atoms with Crippen LogP contribution in [0.1, 0.15) is 56.7 Å². The van der Waals surface area contributed by atoms with E-state index in [0.717, 1.165) is 34.7 Å².